The van der Waals surface area contributed by atoms with Crippen LogP contribution >= 0.6 is 11.8 Å². The van der Waals surface area contributed by atoms with Gasteiger partial charge in [-0.2, -0.15) is 0 Å². The molecular formula is C13H10FN5O2S. The van der Waals surface area contributed by atoms with Gasteiger partial charge >= 0.3 is 0 Å². The quantitative estimate of drug-likeness (QED) is 0.499. The molecule has 1 amide bonds. The molecular weight excluding hydrogens is 309 g/mol. The van der Waals surface area contributed by atoms with Crippen LogP contribution in [0.3, 0.4) is 0 Å². The lowest BCUT2D eigenvalue weighted by atomic mass is 10.3. The largest absolute Gasteiger partial charge is 0.339 e. The molecule has 0 unspecified atom stereocenters. The lowest BCUT2D eigenvalue weighted by Crippen LogP contribution is -2.16. The topological polar surface area (TPSA) is 104 Å². The number of hydrogen-bond donors (Lipinski definition) is 3. The van der Waals surface area contributed by atoms with Gasteiger partial charge in [0.2, 0.25) is 5.91 Å². The zero-order valence-corrected chi connectivity index (χ0v) is 11.9. The summed E-state index contributed by atoms with van der Waals surface area (Å²) in [4.78, 5) is 36.7. The number of thioether (sulfide) groups is 1. The van der Waals surface area contributed by atoms with Crippen LogP contribution < -0.4 is 10.9 Å². The number of imidazole rings is 1. The maximum Gasteiger partial charge on any atom is 0.277 e. The molecule has 0 fully saturated rings. The van der Waals surface area contributed by atoms with Crippen LogP contribution in [-0.4, -0.2) is 31.6 Å². The van der Waals surface area contributed by atoms with E-state index in [1.54, 1.807) is 6.07 Å². The average Bonchev–Trinajstić information content (AvgIpc) is 2.97. The smallest absolute Gasteiger partial charge is 0.277 e. The fourth-order valence-electron chi connectivity index (χ4n) is 1.77. The van der Waals surface area contributed by atoms with E-state index >= 15 is 0 Å². The van der Waals surface area contributed by atoms with E-state index in [1.807, 2.05) is 0 Å². The first-order valence-electron chi connectivity index (χ1n) is 6.24. The summed E-state index contributed by atoms with van der Waals surface area (Å²) in [5.41, 5.74) is 0.303. The fraction of sp³-hybridized carbons (Fsp3) is 0.0769. The molecule has 22 heavy (non-hydrogen) atoms. The molecule has 9 heteroatoms. The maximum atomic E-state index is 13.4. The van der Waals surface area contributed by atoms with Crippen molar-refractivity contribution in [2.45, 2.75) is 5.16 Å². The molecule has 2 heterocycles. The number of hydrogen-bond acceptors (Lipinski definition) is 5. The third kappa shape index (κ3) is 2.98. The van der Waals surface area contributed by atoms with E-state index in [1.165, 1.54) is 24.5 Å². The van der Waals surface area contributed by atoms with Crippen molar-refractivity contribution in [1.29, 1.82) is 0 Å². The number of nitrogens with zero attached hydrogens (tertiary/aromatic N) is 2. The van der Waals surface area contributed by atoms with Gasteiger partial charge in [0.15, 0.2) is 16.3 Å². The molecule has 0 aliphatic heterocycles. The molecule has 0 aliphatic carbocycles. The SMILES string of the molecule is O=C(CSc1nc2nc[nH]c2c(=O)[nH]1)Nc1ccccc1F. The summed E-state index contributed by atoms with van der Waals surface area (Å²) in [5.74, 6) is -0.932. The summed E-state index contributed by atoms with van der Waals surface area (Å²) in [6.07, 6.45) is 1.37. The number of H-pyrrole nitrogens is 2. The predicted octanol–water partition coefficient (Wildman–Crippen LogP) is 1.52. The Labute approximate surface area is 127 Å². The van der Waals surface area contributed by atoms with Crippen molar-refractivity contribution < 1.29 is 9.18 Å². The van der Waals surface area contributed by atoms with Gasteiger partial charge in [0, 0.05) is 0 Å². The van der Waals surface area contributed by atoms with E-state index < -0.39 is 11.7 Å². The zero-order valence-electron chi connectivity index (χ0n) is 11.1. The van der Waals surface area contributed by atoms with Crippen molar-refractivity contribution >= 4 is 34.5 Å². The first-order valence-corrected chi connectivity index (χ1v) is 7.22. The van der Waals surface area contributed by atoms with Gasteiger partial charge in [-0.05, 0) is 12.1 Å². The molecule has 0 aliphatic rings. The van der Waals surface area contributed by atoms with E-state index in [4.69, 9.17) is 0 Å². The number of aromatic amines is 2. The van der Waals surface area contributed by atoms with Crippen LogP contribution in [0, 0.1) is 5.82 Å². The molecule has 2 aromatic heterocycles. The summed E-state index contributed by atoms with van der Waals surface area (Å²) < 4.78 is 13.4. The average molecular weight is 319 g/mol. The molecule has 0 saturated heterocycles. The predicted molar refractivity (Wildman–Crippen MR) is 80.3 cm³/mol. The van der Waals surface area contributed by atoms with Gasteiger partial charge in [-0.15, -0.1) is 0 Å². The second kappa shape index (κ2) is 5.98. The van der Waals surface area contributed by atoms with Gasteiger partial charge in [-0.1, -0.05) is 23.9 Å². The Morgan fingerprint density at radius 2 is 2.18 bits per heavy atom. The normalized spacial score (nSPS) is 10.8. The van der Waals surface area contributed by atoms with Crippen LogP contribution in [0.5, 0.6) is 0 Å². The number of amides is 1. The molecule has 1 aromatic carbocycles. The van der Waals surface area contributed by atoms with E-state index in [2.05, 4.69) is 25.3 Å². The van der Waals surface area contributed by atoms with E-state index in [0.717, 1.165) is 11.8 Å². The Balaban J connectivity index is 1.67. The Morgan fingerprint density at radius 3 is 3.00 bits per heavy atom. The summed E-state index contributed by atoms with van der Waals surface area (Å²) >= 11 is 1.03. The highest BCUT2D eigenvalue weighted by Crippen LogP contribution is 2.16. The molecule has 7 nitrogen and oxygen atoms in total. The Bertz CT molecular complexity index is 891. The van der Waals surface area contributed by atoms with Crippen molar-refractivity contribution in [1.82, 2.24) is 19.9 Å². The standard InChI is InChI=1S/C13H10FN5O2S/c14-7-3-1-2-4-8(7)17-9(20)5-22-13-18-11-10(12(21)19-13)15-6-16-11/h1-4,6H,5H2,(H,17,20)(H2,15,16,18,19,21). The monoisotopic (exact) mass is 319 g/mol. The van der Waals surface area contributed by atoms with Gasteiger partial charge in [0.05, 0.1) is 17.8 Å². The Kier molecular flexibility index (Phi) is 3.88. The minimum Gasteiger partial charge on any atom is -0.339 e. The highest BCUT2D eigenvalue weighted by molar-refractivity contribution is 7.99. The lowest BCUT2D eigenvalue weighted by molar-refractivity contribution is -0.113. The molecule has 0 bridgehead atoms. The molecule has 0 spiro atoms. The summed E-state index contributed by atoms with van der Waals surface area (Å²) in [5, 5.41) is 2.72. The second-order valence-electron chi connectivity index (χ2n) is 4.29. The third-order valence-corrected chi connectivity index (χ3v) is 3.64. The van der Waals surface area contributed by atoms with Crippen molar-refractivity contribution in [2.24, 2.45) is 0 Å². The van der Waals surface area contributed by atoms with Crippen molar-refractivity contribution in [2.75, 3.05) is 11.1 Å². The highest BCUT2D eigenvalue weighted by Gasteiger charge is 2.10. The Hall–Kier alpha value is -2.68. The maximum absolute atomic E-state index is 13.4. The summed E-state index contributed by atoms with van der Waals surface area (Å²) in [6.45, 7) is 0. The van der Waals surface area contributed by atoms with Crippen LogP contribution in [0.1, 0.15) is 0 Å². The number of anilines is 1. The van der Waals surface area contributed by atoms with E-state index in [9.17, 15) is 14.0 Å². The third-order valence-electron chi connectivity index (χ3n) is 2.76. The first kappa shape index (κ1) is 14.3. The van der Waals surface area contributed by atoms with E-state index in [-0.39, 0.29) is 33.3 Å². The number of nitrogens with one attached hydrogen (secondary N) is 3. The number of benzene rings is 1. The number of fused-ring (bicyclic) bond motifs is 1. The van der Waals surface area contributed by atoms with Crippen molar-refractivity contribution in [3.63, 3.8) is 0 Å². The number of halogens is 1. The first-order chi connectivity index (χ1) is 10.6. The molecule has 3 aromatic rings. The van der Waals surface area contributed by atoms with E-state index in [0.29, 0.717) is 0 Å². The fourth-order valence-corrected chi connectivity index (χ4v) is 2.43. The number of carbonyl (C=O) groups is 1. The molecule has 3 rings (SSSR count). The van der Waals surface area contributed by atoms with Crippen LogP contribution in [-0.2, 0) is 4.79 Å². The van der Waals surface area contributed by atoms with Gasteiger partial charge in [-0.3, -0.25) is 14.6 Å². The van der Waals surface area contributed by atoms with Crippen LogP contribution in [0.4, 0.5) is 10.1 Å². The van der Waals surface area contributed by atoms with Crippen LogP contribution in [0.15, 0.2) is 40.5 Å². The highest BCUT2D eigenvalue weighted by atomic mass is 32.2. The molecule has 0 atom stereocenters. The van der Waals surface area contributed by atoms with Crippen molar-refractivity contribution in [3.8, 4) is 0 Å². The van der Waals surface area contributed by atoms with Gasteiger partial charge in [0.1, 0.15) is 5.82 Å². The number of rotatable bonds is 4. The Morgan fingerprint density at radius 1 is 1.36 bits per heavy atom. The number of para-hydroxylation sites is 1. The molecule has 112 valence electrons. The van der Waals surface area contributed by atoms with Gasteiger partial charge in [0.25, 0.3) is 5.56 Å². The van der Waals surface area contributed by atoms with Crippen LogP contribution in [0.2, 0.25) is 0 Å². The number of carbonyl (C=O) groups excluding carboxylic acids is 1. The summed E-state index contributed by atoms with van der Waals surface area (Å²) in [6, 6.07) is 5.88. The molecule has 3 N–H and O–H groups in total. The lowest BCUT2D eigenvalue weighted by Gasteiger charge is -2.05. The van der Waals surface area contributed by atoms with Crippen molar-refractivity contribution in [3.05, 3.63) is 46.8 Å². The zero-order chi connectivity index (χ0) is 15.5. The minimum absolute atomic E-state index is 0.0206. The number of aromatic nitrogens is 4. The van der Waals surface area contributed by atoms with Gasteiger partial charge < -0.3 is 10.3 Å². The second-order valence-corrected chi connectivity index (χ2v) is 5.25. The minimum atomic E-state index is -0.509. The summed E-state index contributed by atoms with van der Waals surface area (Å²) in [7, 11) is 0. The molecule has 0 saturated carbocycles. The molecule has 0 radical (unpaired) electrons. The van der Waals surface area contributed by atoms with Gasteiger partial charge in [-0.25, -0.2) is 14.4 Å². The van der Waals surface area contributed by atoms with Crippen LogP contribution in [0.25, 0.3) is 11.2 Å².